The molecule has 0 aromatic carbocycles. The van der Waals surface area contributed by atoms with Gasteiger partial charge in [-0.3, -0.25) is 4.79 Å². The van der Waals surface area contributed by atoms with Gasteiger partial charge in [-0.05, 0) is 38.0 Å². The van der Waals surface area contributed by atoms with E-state index in [2.05, 4.69) is 23.7 Å². The van der Waals surface area contributed by atoms with Crippen LogP contribution in [-0.2, 0) is 13.0 Å². The average Bonchev–Trinajstić information content (AvgIpc) is 2.96. The molecule has 5 heteroatoms. The van der Waals surface area contributed by atoms with Gasteiger partial charge in [0.2, 0.25) is 0 Å². The first-order valence-electron chi connectivity index (χ1n) is 8.78. The first kappa shape index (κ1) is 16.6. The van der Waals surface area contributed by atoms with E-state index in [0.717, 1.165) is 56.0 Å². The normalized spacial score (nSPS) is 14.2. The summed E-state index contributed by atoms with van der Waals surface area (Å²) < 4.78 is 5.49. The molecule has 128 valence electrons. The van der Waals surface area contributed by atoms with Crippen LogP contribution in [0.4, 0.5) is 5.82 Å². The number of carbonyl (C=O) groups is 1. The number of anilines is 1. The number of hydrogen-bond acceptors (Lipinski definition) is 4. The highest BCUT2D eigenvalue weighted by atomic mass is 16.3. The van der Waals surface area contributed by atoms with Crippen molar-refractivity contribution in [1.82, 2.24) is 9.88 Å². The molecule has 0 bridgehead atoms. The fourth-order valence-electron chi connectivity index (χ4n) is 3.20. The minimum atomic E-state index is 0.0432. The van der Waals surface area contributed by atoms with Crippen molar-refractivity contribution < 1.29 is 9.21 Å². The summed E-state index contributed by atoms with van der Waals surface area (Å²) in [6, 6.07) is 5.81. The summed E-state index contributed by atoms with van der Waals surface area (Å²) in [7, 11) is 0. The van der Waals surface area contributed by atoms with Crippen molar-refractivity contribution in [1.29, 1.82) is 0 Å². The lowest BCUT2D eigenvalue weighted by Gasteiger charge is -2.22. The molecule has 0 saturated carbocycles. The van der Waals surface area contributed by atoms with Crippen LogP contribution in [0, 0.1) is 0 Å². The Labute approximate surface area is 143 Å². The number of furan rings is 1. The number of aromatic nitrogens is 1. The van der Waals surface area contributed by atoms with E-state index >= 15 is 0 Å². The quantitative estimate of drug-likeness (QED) is 0.843. The van der Waals surface area contributed by atoms with Gasteiger partial charge in [0.1, 0.15) is 11.6 Å². The summed E-state index contributed by atoms with van der Waals surface area (Å²) in [5, 5.41) is 0. The molecule has 0 aliphatic carbocycles. The molecule has 0 unspecified atom stereocenters. The van der Waals surface area contributed by atoms with E-state index < -0.39 is 0 Å². The molecule has 24 heavy (non-hydrogen) atoms. The molecule has 1 aliphatic rings. The zero-order valence-electron chi connectivity index (χ0n) is 14.5. The van der Waals surface area contributed by atoms with Crippen LogP contribution in [0.3, 0.4) is 0 Å². The highest BCUT2D eigenvalue weighted by molar-refractivity contribution is 5.94. The zero-order valence-corrected chi connectivity index (χ0v) is 14.5. The molecule has 0 radical (unpaired) electrons. The smallest absolute Gasteiger partial charge is 0.255 e. The van der Waals surface area contributed by atoms with Crippen LogP contribution >= 0.6 is 0 Å². The molecule has 3 rings (SSSR count). The van der Waals surface area contributed by atoms with E-state index in [4.69, 9.17) is 4.42 Å². The van der Waals surface area contributed by atoms with Gasteiger partial charge in [-0.2, -0.15) is 0 Å². The van der Waals surface area contributed by atoms with Crippen molar-refractivity contribution >= 4 is 11.7 Å². The fraction of sp³-hybridized carbons (Fsp3) is 0.474. The van der Waals surface area contributed by atoms with Gasteiger partial charge in [0.15, 0.2) is 0 Å². The number of amides is 1. The van der Waals surface area contributed by atoms with Crippen LogP contribution in [0.25, 0.3) is 0 Å². The Morgan fingerprint density at radius 1 is 1.33 bits per heavy atom. The van der Waals surface area contributed by atoms with E-state index in [0.29, 0.717) is 12.1 Å². The van der Waals surface area contributed by atoms with Crippen molar-refractivity contribution in [3.63, 3.8) is 0 Å². The van der Waals surface area contributed by atoms with Crippen LogP contribution in [0.1, 0.15) is 48.4 Å². The van der Waals surface area contributed by atoms with E-state index in [9.17, 15) is 4.79 Å². The lowest BCUT2D eigenvalue weighted by atomic mass is 10.2. The summed E-state index contributed by atoms with van der Waals surface area (Å²) in [6.07, 6.45) is 6.32. The van der Waals surface area contributed by atoms with Gasteiger partial charge in [-0.15, -0.1) is 0 Å². The summed E-state index contributed by atoms with van der Waals surface area (Å²) in [5.41, 5.74) is 1.77. The number of rotatable bonds is 5. The van der Waals surface area contributed by atoms with E-state index in [1.807, 2.05) is 23.1 Å². The maximum atomic E-state index is 12.8. The van der Waals surface area contributed by atoms with Crippen molar-refractivity contribution in [2.75, 3.05) is 24.5 Å². The third-order valence-corrected chi connectivity index (χ3v) is 4.51. The topological polar surface area (TPSA) is 49.6 Å². The Kier molecular flexibility index (Phi) is 5.18. The van der Waals surface area contributed by atoms with Gasteiger partial charge in [0.25, 0.3) is 5.91 Å². The third kappa shape index (κ3) is 3.45. The molecule has 1 aliphatic heterocycles. The van der Waals surface area contributed by atoms with Crippen molar-refractivity contribution in [3.8, 4) is 0 Å². The molecular weight excluding hydrogens is 302 g/mol. The summed E-state index contributed by atoms with van der Waals surface area (Å²) in [5.74, 6) is 1.99. The Balaban J connectivity index is 1.73. The molecular formula is C19H25N3O2. The third-order valence-electron chi connectivity index (χ3n) is 4.51. The van der Waals surface area contributed by atoms with Gasteiger partial charge < -0.3 is 14.2 Å². The molecule has 0 spiro atoms. The van der Waals surface area contributed by atoms with Gasteiger partial charge in [-0.1, -0.05) is 6.92 Å². The standard InChI is InChI=1S/C19H25N3O2/c1-3-10-21(4-2)18-8-7-15(13-20-18)19(23)22-11-5-6-17-16(14-22)9-12-24-17/h7-9,12-13H,3-6,10-11,14H2,1-2H3. The second kappa shape index (κ2) is 7.51. The predicted octanol–water partition coefficient (Wildman–Crippen LogP) is 3.50. The van der Waals surface area contributed by atoms with E-state index in [1.54, 1.807) is 12.5 Å². The van der Waals surface area contributed by atoms with Crippen molar-refractivity contribution in [2.45, 2.75) is 39.7 Å². The highest BCUT2D eigenvalue weighted by Crippen LogP contribution is 2.21. The lowest BCUT2D eigenvalue weighted by molar-refractivity contribution is 0.0745. The molecule has 0 atom stereocenters. The van der Waals surface area contributed by atoms with Crippen molar-refractivity contribution in [3.05, 3.63) is 47.5 Å². The van der Waals surface area contributed by atoms with Gasteiger partial charge in [-0.25, -0.2) is 4.98 Å². The maximum Gasteiger partial charge on any atom is 0.255 e. The van der Waals surface area contributed by atoms with Gasteiger partial charge >= 0.3 is 0 Å². The maximum absolute atomic E-state index is 12.8. The van der Waals surface area contributed by atoms with E-state index in [1.165, 1.54) is 0 Å². The predicted molar refractivity (Wildman–Crippen MR) is 94.2 cm³/mol. The van der Waals surface area contributed by atoms with Crippen LogP contribution in [0.15, 0.2) is 35.1 Å². The second-order valence-corrected chi connectivity index (χ2v) is 6.18. The van der Waals surface area contributed by atoms with Crippen molar-refractivity contribution in [2.24, 2.45) is 0 Å². The Hall–Kier alpha value is -2.30. The molecule has 0 fully saturated rings. The number of aryl methyl sites for hydroxylation is 1. The largest absolute Gasteiger partial charge is 0.469 e. The van der Waals surface area contributed by atoms with Crippen LogP contribution < -0.4 is 4.90 Å². The first-order chi connectivity index (χ1) is 11.7. The van der Waals surface area contributed by atoms with Crippen LogP contribution in [-0.4, -0.2) is 35.4 Å². The molecule has 3 heterocycles. The number of carbonyl (C=O) groups excluding carboxylic acids is 1. The number of pyridine rings is 1. The first-order valence-corrected chi connectivity index (χ1v) is 8.78. The summed E-state index contributed by atoms with van der Waals surface area (Å²) in [4.78, 5) is 21.4. The minimum Gasteiger partial charge on any atom is -0.469 e. The molecule has 0 N–H and O–H groups in total. The second-order valence-electron chi connectivity index (χ2n) is 6.18. The zero-order chi connectivity index (χ0) is 16.9. The SMILES string of the molecule is CCCN(CC)c1ccc(C(=O)N2CCCc3occc3C2)cn1. The fourth-order valence-corrected chi connectivity index (χ4v) is 3.20. The summed E-state index contributed by atoms with van der Waals surface area (Å²) in [6.45, 7) is 7.54. The van der Waals surface area contributed by atoms with Gasteiger partial charge in [0, 0.05) is 44.4 Å². The minimum absolute atomic E-state index is 0.0432. The van der Waals surface area contributed by atoms with Gasteiger partial charge in [0.05, 0.1) is 11.8 Å². The number of nitrogens with zero attached hydrogens (tertiary/aromatic N) is 3. The molecule has 5 nitrogen and oxygen atoms in total. The number of hydrogen-bond donors (Lipinski definition) is 0. The highest BCUT2D eigenvalue weighted by Gasteiger charge is 2.22. The summed E-state index contributed by atoms with van der Waals surface area (Å²) >= 11 is 0. The monoisotopic (exact) mass is 327 g/mol. The Bertz CT molecular complexity index is 678. The molecule has 1 amide bonds. The number of fused-ring (bicyclic) bond motifs is 1. The Morgan fingerprint density at radius 3 is 2.92 bits per heavy atom. The lowest BCUT2D eigenvalue weighted by Crippen LogP contribution is -2.31. The van der Waals surface area contributed by atoms with Crippen LogP contribution in [0.5, 0.6) is 0 Å². The average molecular weight is 327 g/mol. The van der Waals surface area contributed by atoms with Crippen LogP contribution in [0.2, 0.25) is 0 Å². The van der Waals surface area contributed by atoms with E-state index in [-0.39, 0.29) is 5.91 Å². The Morgan fingerprint density at radius 2 is 2.21 bits per heavy atom. The molecule has 2 aromatic rings. The molecule has 0 saturated heterocycles. The molecule has 2 aromatic heterocycles.